The summed E-state index contributed by atoms with van der Waals surface area (Å²) in [6.07, 6.45) is 0. The molecule has 1 aromatic rings. The lowest BCUT2D eigenvalue weighted by molar-refractivity contribution is -0.145. The lowest BCUT2D eigenvalue weighted by Crippen LogP contribution is -2.10. The summed E-state index contributed by atoms with van der Waals surface area (Å²) in [5, 5.41) is 0. The molecule has 2 nitrogen and oxygen atoms in total. The molecule has 0 spiro atoms. The van der Waals surface area contributed by atoms with E-state index in [1.54, 1.807) is 13.0 Å². The molecule has 1 fully saturated rings. The molecule has 4 heteroatoms. The van der Waals surface area contributed by atoms with Crippen LogP contribution in [0.25, 0.3) is 0 Å². The van der Waals surface area contributed by atoms with E-state index in [1.165, 1.54) is 6.07 Å². The van der Waals surface area contributed by atoms with Crippen molar-refractivity contribution in [2.24, 2.45) is 11.3 Å². The molecule has 0 aromatic heterocycles. The molecule has 1 aliphatic carbocycles. The van der Waals surface area contributed by atoms with Crippen molar-refractivity contribution in [2.45, 2.75) is 26.7 Å². The zero-order chi connectivity index (χ0) is 13.5. The van der Waals surface area contributed by atoms with Crippen molar-refractivity contribution >= 4 is 21.9 Å². The van der Waals surface area contributed by atoms with Gasteiger partial charge in [0.15, 0.2) is 0 Å². The van der Waals surface area contributed by atoms with Crippen molar-refractivity contribution in [3.05, 3.63) is 34.1 Å². The second-order valence-electron chi connectivity index (χ2n) is 5.20. The van der Waals surface area contributed by atoms with E-state index in [0.29, 0.717) is 11.1 Å². The first kappa shape index (κ1) is 13.5. The lowest BCUT2D eigenvalue weighted by atomic mass is 10.0. The first-order valence-electron chi connectivity index (χ1n) is 6.01. The highest BCUT2D eigenvalue weighted by molar-refractivity contribution is 9.10. The fraction of sp³-hybridized carbons (Fsp3) is 0.500. The molecular formula is C14H16BrFO2. The Morgan fingerprint density at radius 1 is 1.50 bits per heavy atom. The quantitative estimate of drug-likeness (QED) is 0.791. The molecular weight excluding hydrogens is 299 g/mol. The van der Waals surface area contributed by atoms with E-state index in [4.69, 9.17) is 4.74 Å². The van der Waals surface area contributed by atoms with Gasteiger partial charge in [0.1, 0.15) is 5.82 Å². The Bertz CT molecular complexity index is 485. The van der Waals surface area contributed by atoms with Crippen molar-refractivity contribution < 1.29 is 13.9 Å². The van der Waals surface area contributed by atoms with Gasteiger partial charge in [0.05, 0.1) is 17.0 Å². The number of benzene rings is 1. The van der Waals surface area contributed by atoms with Crippen LogP contribution in [0.5, 0.6) is 0 Å². The molecule has 18 heavy (non-hydrogen) atoms. The third-order valence-electron chi connectivity index (χ3n) is 3.67. The van der Waals surface area contributed by atoms with Crippen LogP contribution in [-0.4, -0.2) is 12.6 Å². The second kappa shape index (κ2) is 4.65. The van der Waals surface area contributed by atoms with E-state index >= 15 is 0 Å². The predicted octanol–water partition coefficient (Wildman–Crippen LogP) is 3.89. The summed E-state index contributed by atoms with van der Waals surface area (Å²) in [6, 6.07) is 5.04. The van der Waals surface area contributed by atoms with Gasteiger partial charge in [-0.05, 0) is 46.0 Å². The number of carbonyl (C=O) groups is 1. The highest BCUT2D eigenvalue weighted by Gasteiger charge is 2.63. The third kappa shape index (κ3) is 2.18. The summed E-state index contributed by atoms with van der Waals surface area (Å²) in [5.41, 5.74) is 0.700. The molecule has 0 saturated heterocycles. The molecule has 0 bridgehead atoms. The Balaban J connectivity index is 2.24. The maximum atomic E-state index is 13.5. The zero-order valence-electron chi connectivity index (χ0n) is 10.7. The van der Waals surface area contributed by atoms with Crippen LogP contribution >= 0.6 is 15.9 Å². The predicted molar refractivity (Wildman–Crippen MR) is 70.7 cm³/mol. The average Bonchev–Trinajstić information content (AvgIpc) is 2.86. The van der Waals surface area contributed by atoms with Gasteiger partial charge in [-0.15, -0.1) is 0 Å². The van der Waals surface area contributed by atoms with Gasteiger partial charge in [-0.25, -0.2) is 4.39 Å². The molecule has 2 rings (SSSR count). The summed E-state index contributed by atoms with van der Waals surface area (Å²) < 4.78 is 19.0. The molecule has 0 radical (unpaired) electrons. The Morgan fingerprint density at radius 2 is 2.17 bits per heavy atom. The number of esters is 1. The van der Waals surface area contributed by atoms with Crippen LogP contribution in [0, 0.1) is 17.2 Å². The number of carbonyl (C=O) groups excluding carboxylic acids is 1. The highest BCUT2D eigenvalue weighted by Crippen LogP contribution is 2.64. The van der Waals surface area contributed by atoms with Crippen LogP contribution in [0.4, 0.5) is 4.39 Å². The van der Waals surface area contributed by atoms with Crippen LogP contribution in [0.1, 0.15) is 32.3 Å². The maximum Gasteiger partial charge on any atom is 0.310 e. The van der Waals surface area contributed by atoms with E-state index in [0.717, 1.165) is 5.56 Å². The molecule has 0 aliphatic heterocycles. The van der Waals surface area contributed by atoms with Gasteiger partial charge in [0.25, 0.3) is 0 Å². The number of hydrogen-bond donors (Lipinski definition) is 0. The van der Waals surface area contributed by atoms with Crippen LogP contribution in [-0.2, 0) is 9.53 Å². The Hall–Kier alpha value is -0.900. The second-order valence-corrected chi connectivity index (χ2v) is 6.06. The lowest BCUT2D eigenvalue weighted by Gasteiger charge is -2.03. The molecule has 0 N–H and O–H groups in total. The molecule has 1 aliphatic rings. The number of hydrogen-bond acceptors (Lipinski definition) is 2. The van der Waals surface area contributed by atoms with Gasteiger partial charge in [-0.2, -0.15) is 0 Å². The first-order chi connectivity index (χ1) is 8.39. The summed E-state index contributed by atoms with van der Waals surface area (Å²) >= 11 is 3.13. The van der Waals surface area contributed by atoms with Crippen LogP contribution in [0.3, 0.4) is 0 Å². The summed E-state index contributed by atoms with van der Waals surface area (Å²) in [7, 11) is 0. The van der Waals surface area contributed by atoms with Gasteiger partial charge < -0.3 is 4.74 Å². The summed E-state index contributed by atoms with van der Waals surface area (Å²) in [5.74, 6) is -0.606. The normalized spacial score (nSPS) is 24.7. The Kier molecular flexibility index (Phi) is 3.49. The number of halogens is 2. The first-order valence-corrected chi connectivity index (χ1v) is 6.80. The van der Waals surface area contributed by atoms with E-state index in [1.807, 2.05) is 19.9 Å². The zero-order valence-corrected chi connectivity index (χ0v) is 12.3. The molecule has 2 atom stereocenters. The van der Waals surface area contributed by atoms with Crippen molar-refractivity contribution in [1.29, 1.82) is 0 Å². The smallest absolute Gasteiger partial charge is 0.310 e. The minimum atomic E-state index is -0.294. The van der Waals surface area contributed by atoms with Gasteiger partial charge in [0.2, 0.25) is 0 Å². The molecule has 1 aromatic carbocycles. The Morgan fingerprint density at radius 3 is 2.72 bits per heavy atom. The number of rotatable bonds is 3. The molecule has 1 saturated carbocycles. The maximum absolute atomic E-state index is 13.5. The van der Waals surface area contributed by atoms with Crippen molar-refractivity contribution in [3.63, 3.8) is 0 Å². The largest absolute Gasteiger partial charge is 0.466 e. The fourth-order valence-corrected chi connectivity index (χ4v) is 2.88. The highest BCUT2D eigenvalue weighted by atomic mass is 79.9. The topological polar surface area (TPSA) is 26.3 Å². The van der Waals surface area contributed by atoms with E-state index in [2.05, 4.69) is 15.9 Å². The van der Waals surface area contributed by atoms with Crippen LogP contribution < -0.4 is 0 Å². The average molecular weight is 315 g/mol. The minimum Gasteiger partial charge on any atom is -0.466 e. The van der Waals surface area contributed by atoms with E-state index in [-0.39, 0.29) is 29.0 Å². The minimum absolute atomic E-state index is 0.0409. The van der Waals surface area contributed by atoms with Gasteiger partial charge in [-0.3, -0.25) is 4.79 Å². The van der Waals surface area contributed by atoms with Crippen LogP contribution in [0.2, 0.25) is 0 Å². The Labute approximate surface area is 115 Å². The van der Waals surface area contributed by atoms with Crippen molar-refractivity contribution in [3.8, 4) is 0 Å². The monoisotopic (exact) mass is 314 g/mol. The van der Waals surface area contributed by atoms with Crippen molar-refractivity contribution in [1.82, 2.24) is 0 Å². The van der Waals surface area contributed by atoms with Gasteiger partial charge in [-0.1, -0.05) is 19.9 Å². The number of ether oxygens (including phenoxy) is 1. The molecule has 0 heterocycles. The molecule has 1 unspecified atom stereocenters. The molecule has 98 valence electrons. The van der Waals surface area contributed by atoms with E-state index in [9.17, 15) is 9.18 Å². The molecule has 0 amide bonds. The van der Waals surface area contributed by atoms with Crippen LogP contribution in [0.15, 0.2) is 22.7 Å². The van der Waals surface area contributed by atoms with Gasteiger partial charge in [0, 0.05) is 5.92 Å². The van der Waals surface area contributed by atoms with E-state index < -0.39 is 0 Å². The summed E-state index contributed by atoms with van der Waals surface area (Å²) in [4.78, 5) is 11.8. The fourth-order valence-electron chi connectivity index (χ4n) is 2.64. The third-order valence-corrected chi connectivity index (χ3v) is 4.31. The van der Waals surface area contributed by atoms with Crippen molar-refractivity contribution in [2.75, 3.05) is 6.61 Å². The standard InChI is InChI=1S/C14H16BrFO2/c1-4-18-13(17)12-11(14(12,2)3)8-5-6-9(15)10(16)7-8/h5-7,11-12H,4H2,1-3H3/t11?,12-/m1/s1. The van der Waals surface area contributed by atoms with Gasteiger partial charge >= 0.3 is 5.97 Å². The summed E-state index contributed by atoms with van der Waals surface area (Å²) in [6.45, 7) is 6.20. The SMILES string of the molecule is CCOC(=O)[C@H]1C(c2ccc(Br)c(F)c2)C1(C)C.